The van der Waals surface area contributed by atoms with E-state index in [0.717, 1.165) is 42.0 Å². The minimum atomic E-state index is -0.00757. The molecule has 28 heavy (non-hydrogen) atoms. The van der Waals surface area contributed by atoms with Crippen LogP contribution in [0.3, 0.4) is 0 Å². The zero-order valence-electron chi connectivity index (χ0n) is 16.6. The number of aryl methyl sites for hydroxylation is 2. The number of nitrogens with two attached hydrogens (primary N) is 1. The molecule has 0 atom stereocenters. The third-order valence-electron chi connectivity index (χ3n) is 8.09. The maximum Gasteiger partial charge on any atom is 0.193 e. The molecule has 5 aliphatic rings. The van der Waals surface area contributed by atoms with Gasteiger partial charge in [0.25, 0.3) is 0 Å². The molecular weight excluding hydrogens is 346 g/mol. The van der Waals surface area contributed by atoms with Gasteiger partial charge in [0.05, 0.1) is 12.8 Å². The lowest BCUT2D eigenvalue weighted by Crippen LogP contribution is -2.63. The van der Waals surface area contributed by atoms with Crippen molar-refractivity contribution in [2.24, 2.45) is 23.5 Å². The fourth-order valence-corrected chi connectivity index (χ4v) is 7.62. The van der Waals surface area contributed by atoms with E-state index < -0.39 is 0 Å². The van der Waals surface area contributed by atoms with Gasteiger partial charge >= 0.3 is 0 Å². The second kappa shape index (κ2) is 5.65. The fourth-order valence-electron chi connectivity index (χ4n) is 7.62. The van der Waals surface area contributed by atoms with Crippen LogP contribution in [-0.4, -0.2) is 18.6 Å². The number of guanidine groups is 1. The Morgan fingerprint density at radius 1 is 1.07 bits per heavy atom. The van der Waals surface area contributed by atoms with Gasteiger partial charge in [0.2, 0.25) is 0 Å². The zero-order valence-corrected chi connectivity index (χ0v) is 16.6. The predicted octanol–water partition coefficient (Wildman–Crippen LogP) is 4.62. The van der Waals surface area contributed by atoms with Gasteiger partial charge in [0.15, 0.2) is 5.96 Å². The van der Waals surface area contributed by atoms with Crippen LogP contribution >= 0.6 is 0 Å². The number of hydrogen-bond acceptors (Lipinski definition) is 2. The third-order valence-corrected chi connectivity index (χ3v) is 8.09. The monoisotopic (exact) mass is 375 g/mol. The predicted molar refractivity (Wildman–Crippen MR) is 113 cm³/mol. The first-order valence-corrected chi connectivity index (χ1v) is 10.8. The molecule has 5 aliphatic carbocycles. The average molecular weight is 376 g/mol. The van der Waals surface area contributed by atoms with Crippen LogP contribution in [0, 0.1) is 23.2 Å². The van der Waals surface area contributed by atoms with Crippen molar-refractivity contribution in [2.45, 2.75) is 56.9 Å². The molecule has 4 nitrogen and oxygen atoms in total. The summed E-state index contributed by atoms with van der Waals surface area (Å²) in [6.07, 6.45) is 9.82. The molecule has 4 saturated carbocycles. The highest BCUT2D eigenvalue weighted by Gasteiger charge is 2.55. The summed E-state index contributed by atoms with van der Waals surface area (Å²) >= 11 is 0. The highest BCUT2D eigenvalue weighted by Crippen LogP contribution is 2.59. The van der Waals surface area contributed by atoms with E-state index >= 15 is 0 Å². The molecular formula is C24H29N3O. The summed E-state index contributed by atoms with van der Waals surface area (Å²) in [4.78, 5) is 2.21. The molecule has 0 radical (unpaired) electrons. The fraction of sp³-hybridized carbons (Fsp3) is 0.542. The summed E-state index contributed by atoms with van der Waals surface area (Å²) in [5.41, 5.74) is 10.2. The minimum Gasteiger partial charge on any atom is -0.495 e. The normalized spacial score (nSPS) is 32.1. The van der Waals surface area contributed by atoms with Crippen LogP contribution in [0.2, 0.25) is 0 Å². The van der Waals surface area contributed by atoms with Crippen molar-refractivity contribution in [1.29, 1.82) is 5.41 Å². The van der Waals surface area contributed by atoms with E-state index in [0.29, 0.717) is 0 Å². The largest absolute Gasteiger partial charge is 0.495 e. The molecule has 2 aromatic rings. The van der Waals surface area contributed by atoms with Gasteiger partial charge in [-0.1, -0.05) is 18.2 Å². The quantitative estimate of drug-likeness (QED) is 0.608. The number of nitrogens with zero attached hydrogens (tertiary/aromatic N) is 1. The molecule has 0 saturated heterocycles. The molecule has 0 aliphatic heterocycles. The van der Waals surface area contributed by atoms with Gasteiger partial charge in [0, 0.05) is 10.9 Å². The van der Waals surface area contributed by atoms with Gasteiger partial charge in [-0.25, -0.2) is 0 Å². The Kier molecular flexibility index (Phi) is 3.37. The highest BCUT2D eigenvalue weighted by atomic mass is 16.5. The molecule has 3 N–H and O–H groups in total. The van der Waals surface area contributed by atoms with Crippen LogP contribution in [-0.2, 0) is 12.8 Å². The minimum absolute atomic E-state index is 0.00757. The molecule has 2 aromatic carbocycles. The van der Waals surface area contributed by atoms with Crippen molar-refractivity contribution in [2.75, 3.05) is 12.0 Å². The van der Waals surface area contributed by atoms with Crippen LogP contribution in [0.15, 0.2) is 24.3 Å². The van der Waals surface area contributed by atoms with E-state index in [1.807, 2.05) is 0 Å². The van der Waals surface area contributed by atoms with E-state index in [4.69, 9.17) is 15.9 Å². The summed E-state index contributed by atoms with van der Waals surface area (Å²) in [6.45, 7) is 0. The Bertz CT molecular complexity index is 960. The second-order valence-corrected chi connectivity index (χ2v) is 9.79. The zero-order chi connectivity index (χ0) is 19.0. The van der Waals surface area contributed by atoms with Gasteiger partial charge < -0.3 is 15.4 Å². The van der Waals surface area contributed by atoms with Crippen molar-refractivity contribution in [3.8, 4) is 5.75 Å². The topological polar surface area (TPSA) is 62.3 Å². The standard InChI is InChI=1S/C24H29N3O/c1-28-20-10-18-6-5-17-3-2-4-19(21(17)18)22(20)27(23(25)26)24-11-14-7-15(12-24)9-16(8-14)13-24/h2-4,10,14-16H,5-9,11-13H2,1H3,(H3,25,26). The second-order valence-electron chi connectivity index (χ2n) is 9.79. The number of methoxy groups -OCH3 is 1. The molecule has 146 valence electrons. The number of benzene rings is 2. The van der Waals surface area contributed by atoms with Crippen molar-refractivity contribution >= 4 is 22.4 Å². The Balaban J connectivity index is 1.60. The Morgan fingerprint density at radius 3 is 2.32 bits per heavy atom. The third kappa shape index (κ3) is 2.15. The molecule has 0 aromatic heterocycles. The Labute approximate surface area is 166 Å². The van der Waals surface area contributed by atoms with Crippen molar-refractivity contribution in [3.05, 3.63) is 35.4 Å². The lowest BCUT2D eigenvalue weighted by Gasteiger charge is -2.60. The van der Waals surface area contributed by atoms with E-state index in [2.05, 4.69) is 29.2 Å². The first-order valence-electron chi connectivity index (χ1n) is 10.8. The molecule has 0 unspecified atom stereocenters. The van der Waals surface area contributed by atoms with E-state index in [9.17, 15) is 0 Å². The molecule has 0 amide bonds. The Hall–Kier alpha value is -2.23. The summed E-state index contributed by atoms with van der Waals surface area (Å²) in [6, 6.07) is 8.83. The van der Waals surface area contributed by atoms with Crippen molar-refractivity contribution < 1.29 is 4.74 Å². The number of hydrogen-bond donors (Lipinski definition) is 2. The Morgan fingerprint density at radius 2 is 1.71 bits per heavy atom. The number of ether oxygens (including phenoxy) is 1. The number of anilines is 1. The lowest BCUT2D eigenvalue weighted by molar-refractivity contribution is 0.00163. The number of rotatable bonds is 3. The molecule has 7 rings (SSSR count). The van der Waals surface area contributed by atoms with Gasteiger partial charge in [-0.3, -0.25) is 5.41 Å². The van der Waals surface area contributed by atoms with Gasteiger partial charge in [-0.05, 0) is 91.7 Å². The molecule has 0 spiro atoms. The van der Waals surface area contributed by atoms with Crippen LogP contribution in [0.25, 0.3) is 10.8 Å². The summed E-state index contributed by atoms with van der Waals surface area (Å²) < 4.78 is 5.92. The summed E-state index contributed by atoms with van der Waals surface area (Å²) in [7, 11) is 1.76. The van der Waals surface area contributed by atoms with E-state index in [-0.39, 0.29) is 11.5 Å². The first kappa shape index (κ1) is 16.7. The summed E-state index contributed by atoms with van der Waals surface area (Å²) in [5, 5.41) is 11.2. The SMILES string of the molecule is COc1cc2c3c(cccc3c1N(C(=N)N)C13CC4CC(CC(C4)C1)C3)CC2. The van der Waals surface area contributed by atoms with Gasteiger partial charge in [-0.2, -0.15) is 0 Å². The maximum atomic E-state index is 8.64. The summed E-state index contributed by atoms with van der Waals surface area (Å²) in [5.74, 6) is 3.47. The molecule has 4 bridgehead atoms. The van der Waals surface area contributed by atoms with Crippen LogP contribution < -0.4 is 15.4 Å². The maximum absolute atomic E-state index is 8.64. The van der Waals surface area contributed by atoms with E-state index in [1.165, 1.54) is 60.4 Å². The molecule has 4 fully saturated rings. The molecule has 4 heteroatoms. The first-order chi connectivity index (χ1) is 13.6. The lowest BCUT2D eigenvalue weighted by atomic mass is 9.52. The van der Waals surface area contributed by atoms with Crippen LogP contribution in [0.4, 0.5) is 5.69 Å². The van der Waals surface area contributed by atoms with Gasteiger partial charge in [-0.15, -0.1) is 0 Å². The van der Waals surface area contributed by atoms with Crippen molar-refractivity contribution in [1.82, 2.24) is 0 Å². The smallest absolute Gasteiger partial charge is 0.193 e. The molecule has 0 heterocycles. The van der Waals surface area contributed by atoms with Crippen molar-refractivity contribution in [3.63, 3.8) is 0 Å². The van der Waals surface area contributed by atoms with Gasteiger partial charge in [0.1, 0.15) is 5.75 Å². The van der Waals surface area contributed by atoms with Crippen LogP contribution in [0.5, 0.6) is 5.75 Å². The highest BCUT2D eigenvalue weighted by molar-refractivity contribution is 6.09. The van der Waals surface area contributed by atoms with Crippen LogP contribution in [0.1, 0.15) is 49.7 Å². The number of nitrogens with one attached hydrogen (secondary N) is 1. The van der Waals surface area contributed by atoms with E-state index in [1.54, 1.807) is 7.11 Å². The average Bonchev–Trinajstić information content (AvgIpc) is 3.06.